The van der Waals surface area contributed by atoms with Crippen molar-refractivity contribution in [2.75, 3.05) is 5.32 Å². The normalized spacial score (nSPS) is 10.7. The molecule has 2 aromatic carbocycles. The SMILES string of the molecule is Fc1ccc(Br)c(CNc2c(F)c(F)cc(F)c2F)c1. The Bertz CT molecular complexity index is 633. The van der Waals surface area contributed by atoms with E-state index >= 15 is 0 Å². The zero-order valence-corrected chi connectivity index (χ0v) is 11.4. The average molecular weight is 352 g/mol. The molecule has 7 heteroatoms. The molecule has 0 aliphatic heterocycles. The van der Waals surface area contributed by atoms with Crippen LogP contribution in [-0.4, -0.2) is 0 Å². The van der Waals surface area contributed by atoms with E-state index in [1.807, 2.05) is 0 Å². The number of hydrogen-bond donors (Lipinski definition) is 1. The van der Waals surface area contributed by atoms with Crippen molar-refractivity contribution in [2.45, 2.75) is 6.54 Å². The molecule has 2 rings (SSSR count). The molecule has 20 heavy (non-hydrogen) atoms. The summed E-state index contributed by atoms with van der Waals surface area (Å²) in [6, 6.07) is 3.85. The lowest BCUT2D eigenvalue weighted by Crippen LogP contribution is -2.07. The largest absolute Gasteiger partial charge is 0.376 e. The van der Waals surface area contributed by atoms with E-state index in [0.29, 0.717) is 10.0 Å². The van der Waals surface area contributed by atoms with Gasteiger partial charge in [-0.3, -0.25) is 0 Å². The van der Waals surface area contributed by atoms with Crippen LogP contribution in [0, 0.1) is 29.1 Å². The number of hydrogen-bond acceptors (Lipinski definition) is 1. The van der Waals surface area contributed by atoms with Crippen LogP contribution in [0.3, 0.4) is 0 Å². The van der Waals surface area contributed by atoms with Gasteiger partial charge in [-0.05, 0) is 23.8 Å². The Hall–Kier alpha value is -1.63. The first-order valence-corrected chi connectivity index (χ1v) is 6.20. The Labute approximate surface area is 119 Å². The molecular formula is C13H7BrF5N. The maximum atomic E-state index is 13.4. The summed E-state index contributed by atoms with van der Waals surface area (Å²) in [6.45, 7) is -0.213. The second-order valence-electron chi connectivity index (χ2n) is 3.93. The van der Waals surface area contributed by atoms with Crippen LogP contribution in [0.15, 0.2) is 28.7 Å². The topological polar surface area (TPSA) is 12.0 Å². The molecule has 0 atom stereocenters. The van der Waals surface area contributed by atoms with Gasteiger partial charge >= 0.3 is 0 Å². The second kappa shape index (κ2) is 5.78. The highest BCUT2D eigenvalue weighted by Gasteiger charge is 2.19. The third-order valence-electron chi connectivity index (χ3n) is 2.58. The maximum Gasteiger partial charge on any atom is 0.185 e. The fourth-order valence-corrected chi connectivity index (χ4v) is 1.98. The lowest BCUT2D eigenvalue weighted by atomic mass is 10.2. The molecule has 1 N–H and O–H groups in total. The molecule has 0 fully saturated rings. The molecular weight excluding hydrogens is 345 g/mol. The van der Waals surface area contributed by atoms with Crippen molar-refractivity contribution in [1.29, 1.82) is 0 Å². The third kappa shape index (κ3) is 2.92. The molecule has 0 radical (unpaired) electrons. The Balaban J connectivity index is 2.30. The summed E-state index contributed by atoms with van der Waals surface area (Å²) in [5.74, 6) is -6.63. The molecule has 0 heterocycles. The quantitative estimate of drug-likeness (QED) is 0.621. The molecule has 0 bridgehead atoms. The molecule has 0 aliphatic rings. The van der Waals surface area contributed by atoms with E-state index in [9.17, 15) is 22.0 Å². The van der Waals surface area contributed by atoms with Crippen molar-refractivity contribution < 1.29 is 22.0 Å². The van der Waals surface area contributed by atoms with Crippen molar-refractivity contribution in [2.24, 2.45) is 0 Å². The van der Waals surface area contributed by atoms with Gasteiger partial charge in [-0.25, -0.2) is 22.0 Å². The van der Waals surface area contributed by atoms with E-state index in [2.05, 4.69) is 21.2 Å². The summed E-state index contributed by atoms with van der Waals surface area (Å²) in [5.41, 5.74) is -0.591. The van der Waals surface area contributed by atoms with Crippen molar-refractivity contribution in [3.8, 4) is 0 Å². The Morgan fingerprint density at radius 2 is 1.50 bits per heavy atom. The van der Waals surface area contributed by atoms with Gasteiger partial charge in [0.2, 0.25) is 0 Å². The van der Waals surface area contributed by atoms with Gasteiger partial charge in [0.05, 0.1) is 0 Å². The summed E-state index contributed by atoms with van der Waals surface area (Å²) in [6.07, 6.45) is 0. The molecule has 106 valence electrons. The van der Waals surface area contributed by atoms with Crippen molar-refractivity contribution in [3.05, 3.63) is 63.4 Å². The van der Waals surface area contributed by atoms with Crippen LogP contribution in [0.25, 0.3) is 0 Å². The zero-order valence-electron chi connectivity index (χ0n) is 9.78. The minimum atomic E-state index is -1.53. The van der Waals surface area contributed by atoms with Crippen LogP contribution < -0.4 is 5.32 Å². The standard InChI is InChI=1S/C13H7BrF5N/c14-8-2-1-7(15)3-6(8)5-20-13-11(18)9(16)4-10(17)12(13)19/h1-4,20H,5H2. The van der Waals surface area contributed by atoms with Crippen molar-refractivity contribution >= 4 is 21.6 Å². The molecule has 0 saturated heterocycles. The number of rotatable bonds is 3. The van der Waals surface area contributed by atoms with Gasteiger partial charge in [0.1, 0.15) is 11.5 Å². The van der Waals surface area contributed by atoms with E-state index in [0.717, 1.165) is 6.07 Å². The predicted molar refractivity (Wildman–Crippen MR) is 67.7 cm³/mol. The Kier molecular flexibility index (Phi) is 4.27. The van der Waals surface area contributed by atoms with Gasteiger partial charge in [0.25, 0.3) is 0 Å². The molecule has 0 unspecified atom stereocenters. The Morgan fingerprint density at radius 3 is 2.10 bits per heavy atom. The van der Waals surface area contributed by atoms with E-state index in [4.69, 9.17) is 0 Å². The lowest BCUT2D eigenvalue weighted by Gasteiger charge is -2.11. The maximum absolute atomic E-state index is 13.4. The minimum absolute atomic E-state index is 0.119. The lowest BCUT2D eigenvalue weighted by molar-refractivity contribution is 0.458. The van der Waals surface area contributed by atoms with E-state index in [1.54, 1.807) is 0 Å². The first kappa shape index (κ1) is 14.8. The predicted octanol–water partition coefficient (Wildman–Crippen LogP) is 4.76. The molecule has 0 saturated carbocycles. The summed E-state index contributed by atoms with van der Waals surface area (Å²) in [4.78, 5) is 0. The minimum Gasteiger partial charge on any atom is -0.376 e. The van der Waals surface area contributed by atoms with Gasteiger partial charge in [-0.2, -0.15) is 0 Å². The Morgan fingerprint density at radius 1 is 0.900 bits per heavy atom. The summed E-state index contributed by atoms with van der Waals surface area (Å²) in [5, 5.41) is 2.22. The van der Waals surface area contributed by atoms with Gasteiger partial charge in [0, 0.05) is 17.1 Å². The van der Waals surface area contributed by atoms with Crippen molar-refractivity contribution in [1.82, 2.24) is 0 Å². The van der Waals surface area contributed by atoms with Gasteiger partial charge in [0.15, 0.2) is 23.3 Å². The van der Waals surface area contributed by atoms with Crippen LogP contribution in [0.5, 0.6) is 0 Å². The number of nitrogens with one attached hydrogen (secondary N) is 1. The van der Waals surface area contributed by atoms with Crippen LogP contribution in [0.1, 0.15) is 5.56 Å². The highest BCUT2D eigenvalue weighted by Crippen LogP contribution is 2.26. The molecule has 0 aromatic heterocycles. The fraction of sp³-hybridized carbons (Fsp3) is 0.0769. The highest BCUT2D eigenvalue weighted by atomic mass is 79.9. The fourth-order valence-electron chi connectivity index (χ4n) is 1.59. The van der Waals surface area contributed by atoms with Crippen LogP contribution in [0.4, 0.5) is 27.6 Å². The zero-order chi connectivity index (χ0) is 14.9. The average Bonchev–Trinajstić information content (AvgIpc) is 2.40. The third-order valence-corrected chi connectivity index (χ3v) is 3.35. The van der Waals surface area contributed by atoms with E-state index in [-0.39, 0.29) is 12.6 Å². The number of benzene rings is 2. The second-order valence-corrected chi connectivity index (χ2v) is 4.79. The smallest absolute Gasteiger partial charge is 0.185 e. The highest BCUT2D eigenvalue weighted by molar-refractivity contribution is 9.10. The molecule has 1 nitrogen and oxygen atoms in total. The summed E-state index contributed by atoms with van der Waals surface area (Å²) in [7, 11) is 0. The molecule has 0 amide bonds. The molecule has 0 aliphatic carbocycles. The van der Waals surface area contributed by atoms with Crippen LogP contribution in [-0.2, 0) is 6.54 Å². The first-order chi connectivity index (χ1) is 9.40. The number of anilines is 1. The monoisotopic (exact) mass is 351 g/mol. The molecule has 2 aromatic rings. The van der Waals surface area contributed by atoms with Crippen LogP contribution in [0.2, 0.25) is 0 Å². The van der Waals surface area contributed by atoms with Gasteiger partial charge in [-0.1, -0.05) is 15.9 Å². The van der Waals surface area contributed by atoms with Gasteiger partial charge in [-0.15, -0.1) is 0 Å². The molecule has 0 spiro atoms. The van der Waals surface area contributed by atoms with E-state index < -0.39 is 34.8 Å². The first-order valence-electron chi connectivity index (χ1n) is 5.41. The van der Waals surface area contributed by atoms with Crippen LogP contribution >= 0.6 is 15.9 Å². The summed E-state index contributed by atoms with van der Waals surface area (Å²) >= 11 is 3.13. The number of halogens is 6. The van der Waals surface area contributed by atoms with Gasteiger partial charge < -0.3 is 5.32 Å². The van der Waals surface area contributed by atoms with E-state index in [1.165, 1.54) is 12.1 Å². The van der Waals surface area contributed by atoms with Crippen molar-refractivity contribution in [3.63, 3.8) is 0 Å². The summed E-state index contributed by atoms with van der Waals surface area (Å²) < 4.78 is 66.3.